The van der Waals surface area contributed by atoms with Gasteiger partial charge >= 0.3 is 12.2 Å². The van der Waals surface area contributed by atoms with E-state index in [0.29, 0.717) is 29.0 Å². The monoisotopic (exact) mass is 609 g/mol. The highest BCUT2D eigenvalue weighted by Crippen LogP contribution is 2.41. The van der Waals surface area contributed by atoms with Crippen LogP contribution in [0.15, 0.2) is 66.7 Å². The van der Waals surface area contributed by atoms with Gasteiger partial charge in [-0.15, -0.1) is 0 Å². The highest BCUT2D eigenvalue weighted by Gasteiger charge is 2.40. The summed E-state index contributed by atoms with van der Waals surface area (Å²) in [6.45, 7) is -0.213. The first-order valence-corrected chi connectivity index (χ1v) is 14.2. The van der Waals surface area contributed by atoms with Crippen LogP contribution in [0.1, 0.15) is 54.4 Å². The second-order valence-corrected chi connectivity index (χ2v) is 11.4. The lowest BCUT2D eigenvalue weighted by Crippen LogP contribution is -2.45. The Balaban J connectivity index is 1.36. The number of aliphatic hydroxyl groups excluding tert-OH is 1. The number of carbonyl (C=O) groups excluding carboxylic acids is 2. The largest absolute Gasteiger partial charge is 0.416 e. The maximum Gasteiger partial charge on any atom is 0.416 e. The van der Waals surface area contributed by atoms with Gasteiger partial charge < -0.3 is 26.4 Å². The zero-order valence-electron chi connectivity index (χ0n) is 23.6. The van der Waals surface area contributed by atoms with Crippen LogP contribution in [0.4, 0.5) is 33.7 Å². The third kappa shape index (κ3) is 6.85. The first-order valence-electron chi connectivity index (χ1n) is 14.2. The lowest BCUT2D eigenvalue weighted by Gasteiger charge is -2.32. The molecule has 230 valence electrons. The molecular formula is C32H31F4N5O3. The van der Waals surface area contributed by atoms with Crippen molar-refractivity contribution in [1.82, 2.24) is 4.90 Å². The molecule has 3 aromatic carbocycles. The zero-order chi connectivity index (χ0) is 31.6. The number of rotatable bonds is 8. The molecule has 5 N–H and O–H groups in total. The van der Waals surface area contributed by atoms with Crippen molar-refractivity contribution < 1.29 is 32.3 Å². The summed E-state index contributed by atoms with van der Waals surface area (Å²) < 4.78 is 53.7. The quantitative estimate of drug-likeness (QED) is 0.243. The van der Waals surface area contributed by atoms with Crippen molar-refractivity contribution in [1.29, 1.82) is 5.26 Å². The smallest absolute Gasteiger partial charge is 0.391 e. The van der Waals surface area contributed by atoms with Gasteiger partial charge in [-0.3, -0.25) is 4.79 Å². The summed E-state index contributed by atoms with van der Waals surface area (Å²) in [4.78, 5) is 27.4. The lowest BCUT2D eigenvalue weighted by molar-refractivity contribution is -0.137. The molecule has 1 aliphatic carbocycles. The van der Waals surface area contributed by atoms with Gasteiger partial charge in [0, 0.05) is 18.7 Å². The summed E-state index contributed by atoms with van der Waals surface area (Å²) in [5.74, 6) is -0.950. The molecule has 0 aromatic heterocycles. The molecular weight excluding hydrogens is 578 g/mol. The number of halogens is 4. The summed E-state index contributed by atoms with van der Waals surface area (Å²) >= 11 is 0. The Morgan fingerprint density at radius 3 is 2.34 bits per heavy atom. The molecule has 0 radical (unpaired) electrons. The van der Waals surface area contributed by atoms with Gasteiger partial charge in [0.15, 0.2) is 0 Å². The first kappa shape index (κ1) is 31.0. The number of aliphatic hydroxyl groups is 1. The van der Waals surface area contributed by atoms with E-state index in [4.69, 9.17) is 5.73 Å². The average molecular weight is 610 g/mol. The summed E-state index contributed by atoms with van der Waals surface area (Å²) in [5.41, 5.74) is 6.54. The summed E-state index contributed by atoms with van der Waals surface area (Å²) in [5, 5.41) is 24.7. The Hall–Kier alpha value is -4.47. The molecule has 1 saturated heterocycles. The number of hydrogen-bond donors (Lipinski definition) is 4. The normalized spacial score (nSPS) is 19.6. The minimum absolute atomic E-state index is 0.0632. The number of amides is 3. The van der Waals surface area contributed by atoms with E-state index in [1.807, 2.05) is 6.07 Å². The van der Waals surface area contributed by atoms with E-state index in [1.54, 1.807) is 24.3 Å². The number of carbonyl (C=O) groups is 2. The van der Waals surface area contributed by atoms with Gasteiger partial charge in [-0.05, 0) is 78.4 Å². The number of benzene rings is 3. The van der Waals surface area contributed by atoms with Crippen LogP contribution >= 0.6 is 0 Å². The van der Waals surface area contributed by atoms with Gasteiger partial charge in [0.25, 0.3) is 0 Å². The van der Waals surface area contributed by atoms with Gasteiger partial charge in [-0.2, -0.15) is 18.4 Å². The summed E-state index contributed by atoms with van der Waals surface area (Å²) in [6.07, 6.45) is -2.15. The number of nitrogens with two attached hydrogens (primary N) is 1. The van der Waals surface area contributed by atoms with Crippen LogP contribution in [0.5, 0.6) is 0 Å². The van der Waals surface area contributed by atoms with Crippen molar-refractivity contribution in [3.05, 3.63) is 94.8 Å². The Morgan fingerprint density at radius 2 is 1.68 bits per heavy atom. The molecule has 44 heavy (non-hydrogen) atoms. The SMILES string of the molecule is N#Cc1cccc(C(N)(CCC2CC2)c2ccc(F)c(NC(=O)[C@H]3C[C@@H](O)CN3C(=O)Nc3ccc(C(F)(F)F)cc3)c2)c1. The van der Waals surface area contributed by atoms with Crippen LogP contribution in [0.25, 0.3) is 0 Å². The molecule has 2 aliphatic rings. The molecule has 12 heteroatoms. The number of alkyl halides is 3. The molecule has 3 amide bonds. The summed E-state index contributed by atoms with van der Waals surface area (Å²) in [6, 6.07) is 15.0. The van der Waals surface area contributed by atoms with E-state index in [0.717, 1.165) is 48.4 Å². The van der Waals surface area contributed by atoms with E-state index in [1.165, 1.54) is 12.1 Å². The molecule has 1 heterocycles. The fourth-order valence-corrected chi connectivity index (χ4v) is 5.50. The molecule has 0 bridgehead atoms. The van der Waals surface area contributed by atoms with Crippen molar-refractivity contribution in [3.8, 4) is 6.07 Å². The number of β-amino-alcohol motifs (C(OH)–C–C–N with tert-alkyl or cyclic N) is 1. The minimum Gasteiger partial charge on any atom is -0.391 e. The highest BCUT2D eigenvalue weighted by molar-refractivity contribution is 6.00. The van der Waals surface area contributed by atoms with Crippen LogP contribution in [0.3, 0.4) is 0 Å². The van der Waals surface area contributed by atoms with Gasteiger partial charge in [0.05, 0.1) is 34.5 Å². The van der Waals surface area contributed by atoms with E-state index >= 15 is 4.39 Å². The topological polar surface area (TPSA) is 131 Å². The predicted molar refractivity (Wildman–Crippen MR) is 155 cm³/mol. The number of hydrogen-bond acceptors (Lipinski definition) is 5. The minimum atomic E-state index is -4.54. The molecule has 1 unspecified atom stereocenters. The third-order valence-corrected chi connectivity index (χ3v) is 8.20. The van der Waals surface area contributed by atoms with Crippen molar-refractivity contribution in [3.63, 3.8) is 0 Å². The second-order valence-electron chi connectivity index (χ2n) is 11.4. The highest BCUT2D eigenvalue weighted by atomic mass is 19.4. The lowest BCUT2D eigenvalue weighted by atomic mass is 9.79. The number of likely N-dealkylation sites (tertiary alicyclic amines) is 1. The van der Waals surface area contributed by atoms with Crippen LogP contribution in [0, 0.1) is 23.1 Å². The van der Waals surface area contributed by atoms with E-state index in [2.05, 4.69) is 16.7 Å². The number of anilines is 2. The Labute approximate surface area is 251 Å². The van der Waals surface area contributed by atoms with Crippen LogP contribution in [-0.2, 0) is 16.5 Å². The fraction of sp³-hybridized carbons (Fsp3) is 0.344. The van der Waals surface area contributed by atoms with Crippen LogP contribution in [0.2, 0.25) is 0 Å². The summed E-state index contributed by atoms with van der Waals surface area (Å²) in [7, 11) is 0. The van der Waals surface area contributed by atoms with E-state index in [9.17, 15) is 33.1 Å². The Bertz CT molecular complexity index is 1590. The average Bonchev–Trinajstić information content (AvgIpc) is 3.75. The van der Waals surface area contributed by atoms with Crippen molar-refractivity contribution in [2.75, 3.05) is 17.2 Å². The number of nitrogens with one attached hydrogen (secondary N) is 2. The maximum atomic E-state index is 15.1. The molecule has 2 fully saturated rings. The molecule has 1 aliphatic heterocycles. The van der Waals surface area contributed by atoms with E-state index < -0.39 is 47.2 Å². The fourth-order valence-electron chi connectivity index (χ4n) is 5.50. The third-order valence-electron chi connectivity index (χ3n) is 8.20. The molecule has 8 nitrogen and oxygen atoms in total. The molecule has 5 rings (SSSR count). The van der Waals surface area contributed by atoms with Crippen molar-refractivity contribution in [2.24, 2.45) is 11.7 Å². The zero-order valence-corrected chi connectivity index (χ0v) is 23.6. The number of nitrogens with zero attached hydrogens (tertiary/aromatic N) is 2. The molecule has 1 saturated carbocycles. The van der Waals surface area contributed by atoms with E-state index in [-0.39, 0.29) is 24.3 Å². The molecule has 3 atom stereocenters. The maximum absolute atomic E-state index is 15.1. The van der Waals surface area contributed by atoms with Gasteiger partial charge in [0.2, 0.25) is 5.91 Å². The first-order chi connectivity index (χ1) is 20.9. The van der Waals surface area contributed by atoms with Gasteiger partial charge in [-0.1, -0.05) is 31.0 Å². The van der Waals surface area contributed by atoms with Gasteiger partial charge in [0.1, 0.15) is 11.9 Å². The van der Waals surface area contributed by atoms with Crippen molar-refractivity contribution >= 4 is 23.3 Å². The van der Waals surface area contributed by atoms with Gasteiger partial charge in [-0.25, -0.2) is 9.18 Å². The Kier molecular flexibility index (Phi) is 8.63. The van der Waals surface area contributed by atoms with Crippen molar-refractivity contribution in [2.45, 2.75) is 56.0 Å². The predicted octanol–water partition coefficient (Wildman–Crippen LogP) is 5.71. The standard InChI is InChI=1S/C32H31F4N5O3/c33-26-11-8-23(31(38,13-12-19-4-5-19)22-3-1-2-20(14-22)17-37)15-27(26)40-29(43)28-16-25(42)18-41(28)30(44)39-24-9-6-21(7-10-24)32(34,35)36/h1-3,6-11,14-15,19,25,28,42H,4-5,12-13,16,18,38H2,(H,39,44)(H,40,43)/t25-,28-,31?/m1/s1. The van der Waals surface area contributed by atoms with Crippen LogP contribution < -0.4 is 16.4 Å². The number of urea groups is 1. The molecule has 0 spiro atoms. The molecule has 3 aromatic rings. The Morgan fingerprint density at radius 1 is 1.00 bits per heavy atom. The van der Waals surface area contributed by atoms with Crippen LogP contribution in [-0.4, -0.2) is 40.6 Å². The second kappa shape index (κ2) is 12.3. The number of nitriles is 1.